The van der Waals surface area contributed by atoms with Crippen molar-refractivity contribution in [3.8, 4) is 0 Å². The highest BCUT2D eigenvalue weighted by Gasteiger charge is 2.30. The van der Waals surface area contributed by atoms with Crippen molar-refractivity contribution >= 4 is 21.4 Å². The standard InChI is InChI=1S/C16H20N2O2S2/c1-14-4-6-16(7-5-14)22(19,20)18-10-8-17(9-11-18)13-15-3-2-12-21-15/h2-7,12H,8-11,13H2,1H3/p+1. The quantitative estimate of drug-likeness (QED) is 0.909. The van der Waals surface area contributed by atoms with Crippen molar-refractivity contribution in [2.45, 2.75) is 18.4 Å². The number of rotatable bonds is 4. The van der Waals surface area contributed by atoms with E-state index in [1.54, 1.807) is 27.8 Å². The Morgan fingerprint density at radius 1 is 1.14 bits per heavy atom. The molecule has 0 aliphatic carbocycles. The number of benzene rings is 1. The van der Waals surface area contributed by atoms with Crippen LogP contribution in [0.5, 0.6) is 0 Å². The molecule has 1 N–H and O–H groups in total. The second kappa shape index (κ2) is 6.50. The highest BCUT2D eigenvalue weighted by atomic mass is 32.2. The lowest BCUT2D eigenvalue weighted by atomic mass is 10.2. The van der Waals surface area contributed by atoms with E-state index >= 15 is 0 Å². The molecule has 2 heterocycles. The summed E-state index contributed by atoms with van der Waals surface area (Å²) < 4.78 is 26.9. The first-order valence-electron chi connectivity index (χ1n) is 7.48. The summed E-state index contributed by atoms with van der Waals surface area (Å²) >= 11 is 1.77. The van der Waals surface area contributed by atoms with E-state index in [9.17, 15) is 8.42 Å². The van der Waals surface area contributed by atoms with Gasteiger partial charge in [-0.25, -0.2) is 8.42 Å². The number of piperazine rings is 1. The minimum atomic E-state index is -3.34. The number of sulfonamides is 1. The molecule has 0 saturated carbocycles. The van der Waals surface area contributed by atoms with Gasteiger partial charge < -0.3 is 4.90 Å². The Bertz CT molecular complexity index is 701. The van der Waals surface area contributed by atoms with Crippen LogP contribution in [0.1, 0.15) is 10.4 Å². The van der Waals surface area contributed by atoms with Gasteiger partial charge in [-0.2, -0.15) is 4.31 Å². The average molecular weight is 337 g/mol. The second-order valence-corrected chi connectivity index (χ2v) is 8.69. The van der Waals surface area contributed by atoms with Crippen molar-refractivity contribution in [1.29, 1.82) is 0 Å². The fraction of sp³-hybridized carbons (Fsp3) is 0.375. The molecule has 1 aliphatic rings. The predicted octanol–water partition coefficient (Wildman–Crippen LogP) is 1.15. The normalized spacial score (nSPS) is 17.7. The van der Waals surface area contributed by atoms with Crippen LogP contribution in [0.4, 0.5) is 0 Å². The number of nitrogens with zero attached hydrogens (tertiary/aromatic N) is 1. The monoisotopic (exact) mass is 337 g/mol. The molecule has 1 aliphatic heterocycles. The van der Waals surface area contributed by atoms with Crippen LogP contribution in [0.25, 0.3) is 0 Å². The second-order valence-electron chi connectivity index (χ2n) is 5.72. The predicted molar refractivity (Wildman–Crippen MR) is 88.7 cm³/mol. The van der Waals surface area contributed by atoms with E-state index in [2.05, 4.69) is 17.5 Å². The van der Waals surface area contributed by atoms with Crippen LogP contribution in [-0.2, 0) is 16.6 Å². The van der Waals surface area contributed by atoms with Gasteiger partial charge in [-0.05, 0) is 30.5 Å². The summed E-state index contributed by atoms with van der Waals surface area (Å²) in [4.78, 5) is 3.22. The van der Waals surface area contributed by atoms with Crippen molar-refractivity contribution in [2.24, 2.45) is 0 Å². The topological polar surface area (TPSA) is 41.8 Å². The fourth-order valence-electron chi connectivity index (χ4n) is 2.74. The molecule has 1 fully saturated rings. The molecule has 0 amide bonds. The van der Waals surface area contributed by atoms with E-state index in [1.807, 2.05) is 19.1 Å². The number of quaternary nitrogens is 1. The maximum absolute atomic E-state index is 12.6. The van der Waals surface area contributed by atoms with E-state index in [0.29, 0.717) is 18.0 Å². The molecule has 1 aromatic heterocycles. The number of hydrogen-bond donors (Lipinski definition) is 1. The molecular weight excluding hydrogens is 316 g/mol. The number of aryl methyl sites for hydroxylation is 1. The molecule has 118 valence electrons. The molecule has 22 heavy (non-hydrogen) atoms. The van der Waals surface area contributed by atoms with Crippen LogP contribution in [0.15, 0.2) is 46.7 Å². The van der Waals surface area contributed by atoms with Gasteiger partial charge in [0.05, 0.1) is 36.0 Å². The van der Waals surface area contributed by atoms with Gasteiger partial charge in [0.1, 0.15) is 6.54 Å². The zero-order valence-corrected chi connectivity index (χ0v) is 14.3. The Labute approximate surface area is 136 Å². The number of thiophene rings is 1. The Morgan fingerprint density at radius 3 is 2.41 bits per heavy atom. The first-order valence-corrected chi connectivity index (χ1v) is 9.80. The first kappa shape index (κ1) is 15.7. The highest BCUT2D eigenvalue weighted by Crippen LogP contribution is 2.16. The van der Waals surface area contributed by atoms with Gasteiger partial charge in [0.15, 0.2) is 0 Å². The summed E-state index contributed by atoms with van der Waals surface area (Å²) in [5, 5.41) is 2.09. The van der Waals surface area contributed by atoms with Gasteiger partial charge in [0.2, 0.25) is 10.0 Å². The van der Waals surface area contributed by atoms with E-state index in [-0.39, 0.29) is 0 Å². The third kappa shape index (κ3) is 3.41. The molecule has 3 rings (SSSR count). The maximum Gasteiger partial charge on any atom is 0.243 e. The Morgan fingerprint density at radius 2 is 1.82 bits per heavy atom. The van der Waals surface area contributed by atoms with Crippen LogP contribution >= 0.6 is 11.3 Å². The van der Waals surface area contributed by atoms with Gasteiger partial charge in [-0.15, -0.1) is 11.3 Å². The van der Waals surface area contributed by atoms with E-state index in [4.69, 9.17) is 0 Å². The van der Waals surface area contributed by atoms with Gasteiger partial charge in [0.25, 0.3) is 0 Å². The lowest BCUT2D eigenvalue weighted by Gasteiger charge is -2.31. The number of hydrogen-bond acceptors (Lipinski definition) is 3. The number of nitrogens with one attached hydrogen (secondary N) is 1. The van der Waals surface area contributed by atoms with Gasteiger partial charge in [-0.1, -0.05) is 23.8 Å². The third-order valence-electron chi connectivity index (χ3n) is 4.09. The molecule has 1 saturated heterocycles. The fourth-order valence-corrected chi connectivity index (χ4v) is 4.96. The molecule has 0 bridgehead atoms. The van der Waals surface area contributed by atoms with Gasteiger partial charge in [-0.3, -0.25) is 0 Å². The lowest BCUT2D eigenvalue weighted by molar-refractivity contribution is -0.917. The van der Waals surface area contributed by atoms with Crippen molar-refractivity contribution < 1.29 is 13.3 Å². The zero-order chi connectivity index (χ0) is 15.6. The SMILES string of the molecule is Cc1ccc(S(=O)(=O)N2CC[NH+](Cc3cccs3)CC2)cc1. The minimum Gasteiger partial charge on any atom is -0.328 e. The van der Waals surface area contributed by atoms with Gasteiger partial charge >= 0.3 is 0 Å². The summed E-state index contributed by atoms with van der Waals surface area (Å²) in [6, 6.07) is 11.3. The summed E-state index contributed by atoms with van der Waals surface area (Å²) in [5.74, 6) is 0. The lowest BCUT2D eigenvalue weighted by Crippen LogP contribution is -3.13. The molecular formula is C16H21N2O2S2+. The van der Waals surface area contributed by atoms with E-state index in [1.165, 1.54) is 9.78 Å². The molecule has 0 unspecified atom stereocenters. The molecule has 1 aromatic carbocycles. The highest BCUT2D eigenvalue weighted by molar-refractivity contribution is 7.89. The molecule has 0 spiro atoms. The Kier molecular flexibility index (Phi) is 4.63. The largest absolute Gasteiger partial charge is 0.328 e. The summed E-state index contributed by atoms with van der Waals surface area (Å²) in [5.41, 5.74) is 1.07. The summed E-state index contributed by atoms with van der Waals surface area (Å²) in [6.45, 7) is 5.87. The third-order valence-corrected chi connectivity index (χ3v) is 6.88. The first-order chi connectivity index (χ1) is 10.6. The average Bonchev–Trinajstić information content (AvgIpc) is 3.01. The maximum atomic E-state index is 12.6. The van der Waals surface area contributed by atoms with Crippen molar-refractivity contribution in [3.05, 3.63) is 52.2 Å². The van der Waals surface area contributed by atoms with E-state index in [0.717, 1.165) is 25.2 Å². The molecule has 6 heteroatoms. The summed E-state index contributed by atoms with van der Waals surface area (Å²) in [6.07, 6.45) is 0. The van der Waals surface area contributed by atoms with Crippen LogP contribution in [0, 0.1) is 6.92 Å². The van der Waals surface area contributed by atoms with E-state index < -0.39 is 10.0 Å². The summed E-state index contributed by atoms with van der Waals surface area (Å²) in [7, 11) is -3.34. The molecule has 0 atom stereocenters. The molecule has 0 radical (unpaired) electrons. The van der Waals surface area contributed by atoms with Crippen LogP contribution in [0.2, 0.25) is 0 Å². The molecule has 4 nitrogen and oxygen atoms in total. The van der Waals surface area contributed by atoms with Crippen molar-refractivity contribution in [1.82, 2.24) is 4.31 Å². The smallest absolute Gasteiger partial charge is 0.243 e. The van der Waals surface area contributed by atoms with Crippen molar-refractivity contribution in [3.63, 3.8) is 0 Å². The van der Waals surface area contributed by atoms with Crippen LogP contribution < -0.4 is 4.90 Å². The Hall–Kier alpha value is -1.21. The minimum absolute atomic E-state index is 0.403. The van der Waals surface area contributed by atoms with Crippen LogP contribution in [0.3, 0.4) is 0 Å². The Balaban J connectivity index is 1.64. The zero-order valence-electron chi connectivity index (χ0n) is 12.7. The van der Waals surface area contributed by atoms with Crippen LogP contribution in [-0.4, -0.2) is 38.9 Å². The van der Waals surface area contributed by atoms with Crippen molar-refractivity contribution in [2.75, 3.05) is 26.2 Å². The van der Waals surface area contributed by atoms with Gasteiger partial charge in [0, 0.05) is 0 Å². The molecule has 2 aromatic rings.